The van der Waals surface area contributed by atoms with E-state index in [-0.39, 0.29) is 23.6 Å². The molecule has 0 radical (unpaired) electrons. The van der Waals surface area contributed by atoms with Gasteiger partial charge in [-0.15, -0.1) is 0 Å². The molecule has 1 atom stereocenters. The van der Waals surface area contributed by atoms with E-state index >= 15 is 0 Å². The van der Waals surface area contributed by atoms with Crippen molar-refractivity contribution in [1.82, 2.24) is 5.32 Å². The number of urea groups is 1. The minimum atomic E-state index is -0.615. The summed E-state index contributed by atoms with van der Waals surface area (Å²) in [7, 11) is 1.58. The van der Waals surface area contributed by atoms with Crippen LogP contribution in [0.3, 0.4) is 0 Å². The molecule has 0 bridgehead atoms. The molecule has 0 unspecified atom stereocenters. The van der Waals surface area contributed by atoms with Crippen molar-refractivity contribution < 1.29 is 18.0 Å². The second-order valence-corrected chi connectivity index (χ2v) is 5.99. The Morgan fingerprint density at radius 2 is 1.76 bits per heavy atom. The van der Waals surface area contributed by atoms with Crippen LogP contribution in [0.2, 0.25) is 0 Å². The van der Waals surface area contributed by atoms with Gasteiger partial charge in [-0.25, -0.2) is 18.0 Å². The van der Waals surface area contributed by atoms with E-state index in [2.05, 4.69) is 5.32 Å². The summed E-state index contributed by atoms with van der Waals surface area (Å²) >= 11 is 0. The Balaban J connectivity index is 1.63. The molecule has 3 rings (SSSR count). The molecule has 132 valence electrons. The molecule has 1 saturated heterocycles. The molecule has 2 aromatic rings. The van der Waals surface area contributed by atoms with Gasteiger partial charge in [0.15, 0.2) is 0 Å². The first kappa shape index (κ1) is 17.1. The van der Waals surface area contributed by atoms with Gasteiger partial charge >= 0.3 is 6.03 Å². The Morgan fingerprint density at radius 1 is 1.12 bits per heavy atom. The van der Waals surface area contributed by atoms with E-state index in [9.17, 15) is 18.0 Å². The number of anilines is 2. The third-order valence-corrected chi connectivity index (χ3v) is 4.29. The molecule has 1 fully saturated rings. The number of amides is 2. The molecule has 25 heavy (non-hydrogen) atoms. The van der Waals surface area contributed by atoms with Crippen LogP contribution in [-0.2, 0) is 0 Å². The lowest BCUT2D eigenvalue weighted by Crippen LogP contribution is -2.44. The predicted octanol–water partition coefficient (Wildman–Crippen LogP) is 3.53. The zero-order chi connectivity index (χ0) is 18.0. The molecule has 0 aromatic heterocycles. The zero-order valence-corrected chi connectivity index (χ0v) is 13.7. The van der Waals surface area contributed by atoms with Gasteiger partial charge in [-0.1, -0.05) is 6.07 Å². The Kier molecular flexibility index (Phi) is 4.83. The lowest BCUT2D eigenvalue weighted by Gasteiger charge is -2.22. The summed E-state index contributed by atoms with van der Waals surface area (Å²) < 4.78 is 40.7. The summed E-state index contributed by atoms with van der Waals surface area (Å²) in [5.74, 6) is -1.61. The van der Waals surface area contributed by atoms with Crippen LogP contribution >= 0.6 is 0 Å². The van der Waals surface area contributed by atoms with E-state index in [0.29, 0.717) is 25.2 Å². The maximum Gasteiger partial charge on any atom is 0.321 e. The van der Waals surface area contributed by atoms with Crippen LogP contribution < -0.4 is 15.1 Å². The van der Waals surface area contributed by atoms with Crippen molar-refractivity contribution in [2.45, 2.75) is 12.5 Å². The van der Waals surface area contributed by atoms with Gasteiger partial charge in [0.05, 0.1) is 0 Å². The first-order chi connectivity index (χ1) is 12.0. The highest BCUT2D eigenvalue weighted by atomic mass is 19.1. The monoisotopic (exact) mass is 349 g/mol. The van der Waals surface area contributed by atoms with E-state index < -0.39 is 11.6 Å². The zero-order valence-electron chi connectivity index (χ0n) is 13.7. The van der Waals surface area contributed by atoms with E-state index in [1.165, 1.54) is 47.4 Å². The largest absolute Gasteiger partial charge is 0.365 e. The summed E-state index contributed by atoms with van der Waals surface area (Å²) in [6, 6.07) is 8.73. The number of nitrogens with zero attached hydrogens (tertiary/aromatic N) is 2. The van der Waals surface area contributed by atoms with Gasteiger partial charge in [0, 0.05) is 31.9 Å². The first-order valence-corrected chi connectivity index (χ1v) is 7.94. The molecule has 2 aromatic carbocycles. The van der Waals surface area contributed by atoms with Crippen molar-refractivity contribution in [2.75, 3.05) is 29.9 Å². The van der Waals surface area contributed by atoms with Crippen LogP contribution in [0.5, 0.6) is 0 Å². The molecule has 0 spiro atoms. The van der Waals surface area contributed by atoms with Crippen LogP contribution in [0.1, 0.15) is 6.42 Å². The van der Waals surface area contributed by atoms with Crippen molar-refractivity contribution in [3.63, 3.8) is 0 Å². The minimum Gasteiger partial charge on any atom is -0.365 e. The molecular formula is C18H18F3N3O. The summed E-state index contributed by atoms with van der Waals surface area (Å²) in [5, 5.41) is 2.84. The van der Waals surface area contributed by atoms with Gasteiger partial charge in [0.25, 0.3) is 0 Å². The van der Waals surface area contributed by atoms with Crippen LogP contribution in [0.25, 0.3) is 0 Å². The third-order valence-electron chi connectivity index (χ3n) is 4.29. The average molecular weight is 349 g/mol. The summed E-state index contributed by atoms with van der Waals surface area (Å²) in [6.07, 6.45) is 0.580. The van der Waals surface area contributed by atoms with Crippen LogP contribution in [0, 0.1) is 17.5 Å². The molecular weight excluding hydrogens is 331 g/mol. The highest BCUT2D eigenvalue weighted by Crippen LogP contribution is 2.26. The van der Waals surface area contributed by atoms with E-state index in [4.69, 9.17) is 0 Å². The molecule has 0 saturated carbocycles. The van der Waals surface area contributed by atoms with Gasteiger partial charge in [0.2, 0.25) is 0 Å². The molecule has 1 aliphatic heterocycles. The fourth-order valence-corrected chi connectivity index (χ4v) is 2.93. The second kappa shape index (κ2) is 7.04. The average Bonchev–Trinajstić information content (AvgIpc) is 3.02. The lowest BCUT2D eigenvalue weighted by atomic mass is 10.2. The second-order valence-electron chi connectivity index (χ2n) is 5.99. The summed E-state index contributed by atoms with van der Waals surface area (Å²) in [4.78, 5) is 15.3. The molecule has 7 heteroatoms. The van der Waals surface area contributed by atoms with Crippen LogP contribution in [0.4, 0.5) is 29.3 Å². The van der Waals surface area contributed by atoms with Gasteiger partial charge in [-0.2, -0.15) is 0 Å². The fraction of sp³-hybridized carbons (Fsp3) is 0.278. The summed E-state index contributed by atoms with van der Waals surface area (Å²) in [6.45, 7) is 0.768. The number of carbonyl (C=O) groups is 1. The smallest absolute Gasteiger partial charge is 0.321 e. The normalized spacial score (nSPS) is 16.8. The highest BCUT2D eigenvalue weighted by molar-refractivity contribution is 5.91. The molecule has 1 heterocycles. The molecule has 4 nitrogen and oxygen atoms in total. The Hall–Kier alpha value is -2.70. The maximum atomic E-state index is 13.9. The van der Waals surface area contributed by atoms with Gasteiger partial charge in [0.1, 0.15) is 23.1 Å². The van der Waals surface area contributed by atoms with Crippen molar-refractivity contribution >= 4 is 17.4 Å². The van der Waals surface area contributed by atoms with E-state index in [1.807, 2.05) is 0 Å². The number of para-hydroxylation sites is 1. The lowest BCUT2D eigenvalue weighted by molar-refractivity contribution is 0.244. The standard InChI is InChI=1S/C18H18F3N3O/c1-23(14-7-5-12(19)6-8-14)18(25)22-13-9-10-24(11-13)17-15(20)3-2-4-16(17)21/h2-8,13H,9-11H2,1H3,(H,22,25)/t13-/m1/s1. The number of nitrogens with one attached hydrogen (secondary N) is 1. The van der Waals surface area contributed by atoms with Crippen molar-refractivity contribution in [3.8, 4) is 0 Å². The Morgan fingerprint density at radius 3 is 2.40 bits per heavy atom. The van der Waals surface area contributed by atoms with Crippen molar-refractivity contribution in [2.24, 2.45) is 0 Å². The van der Waals surface area contributed by atoms with Crippen LogP contribution in [0.15, 0.2) is 42.5 Å². The highest BCUT2D eigenvalue weighted by Gasteiger charge is 2.28. The van der Waals surface area contributed by atoms with Crippen LogP contribution in [-0.4, -0.2) is 32.2 Å². The molecule has 1 N–H and O–H groups in total. The van der Waals surface area contributed by atoms with Crippen molar-refractivity contribution in [3.05, 3.63) is 59.9 Å². The van der Waals surface area contributed by atoms with Gasteiger partial charge in [-0.05, 0) is 42.8 Å². The number of halogens is 3. The van der Waals surface area contributed by atoms with Gasteiger partial charge in [-0.3, -0.25) is 4.90 Å². The maximum absolute atomic E-state index is 13.9. The van der Waals surface area contributed by atoms with E-state index in [1.54, 1.807) is 11.9 Å². The topological polar surface area (TPSA) is 35.6 Å². The summed E-state index contributed by atoms with van der Waals surface area (Å²) in [5.41, 5.74) is 0.486. The molecule has 0 aliphatic carbocycles. The number of benzene rings is 2. The molecule has 1 aliphatic rings. The van der Waals surface area contributed by atoms with Gasteiger partial charge < -0.3 is 10.2 Å². The first-order valence-electron chi connectivity index (χ1n) is 7.94. The Bertz CT molecular complexity index is 746. The van der Waals surface area contributed by atoms with Crippen molar-refractivity contribution in [1.29, 1.82) is 0 Å². The third kappa shape index (κ3) is 3.70. The minimum absolute atomic E-state index is 0.0638. The van der Waals surface area contributed by atoms with E-state index in [0.717, 1.165) is 0 Å². The quantitative estimate of drug-likeness (QED) is 0.920. The SMILES string of the molecule is CN(C(=O)N[C@@H]1CCN(c2c(F)cccc2F)C1)c1ccc(F)cc1. The fourth-order valence-electron chi connectivity index (χ4n) is 2.93. The molecule has 2 amide bonds. The Labute approximate surface area is 143 Å². The number of hydrogen-bond donors (Lipinski definition) is 1. The number of hydrogen-bond acceptors (Lipinski definition) is 2. The number of carbonyl (C=O) groups excluding carboxylic acids is 1. The predicted molar refractivity (Wildman–Crippen MR) is 90.3 cm³/mol. The number of rotatable bonds is 3.